The number of sulfone groups is 1. The third kappa shape index (κ3) is 2.88. The molecule has 0 spiro atoms. The number of rotatable bonds is 3. The smallest absolute Gasteiger partial charge is 0.274 e. The first-order chi connectivity index (χ1) is 8.52. The molecule has 0 bridgehead atoms. The summed E-state index contributed by atoms with van der Waals surface area (Å²) in [5.74, 6) is -0.162. The molecule has 0 atom stereocenters. The fourth-order valence-corrected chi connectivity index (χ4v) is 3.02. The molecule has 1 amide bonds. The van der Waals surface area contributed by atoms with E-state index in [1.165, 1.54) is 4.90 Å². The molecule has 1 aromatic heterocycles. The van der Waals surface area contributed by atoms with Crippen molar-refractivity contribution in [2.24, 2.45) is 5.73 Å². The van der Waals surface area contributed by atoms with Gasteiger partial charge in [-0.1, -0.05) is 0 Å². The van der Waals surface area contributed by atoms with Crippen LogP contribution in [0.25, 0.3) is 0 Å². The summed E-state index contributed by atoms with van der Waals surface area (Å²) in [6, 6.07) is 0. The van der Waals surface area contributed by atoms with E-state index >= 15 is 0 Å². The van der Waals surface area contributed by atoms with Gasteiger partial charge in [0.15, 0.2) is 9.84 Å². The van der Waals surface area contributed by atoms with Crippen LogP contribution in [0, 0.1) is 0 Å². The minimum Gasteiger partial charge on any atom is -0.335 e. The number of carbonyl (C=O) groups is 1. The predicted octanol–water partition coefficient (Wildman–Crippen LogP) is -1.29. The Labute approximate surface area is 106 Å². The van der Waals surface area contributed by atoms with Gasteiger partial charge in [-0.15, -0.1) is 0 Å². The van der Waals surface area contributed by atoms with Gasteiger partial charge in [0.2, 0.25) is 0 Å². The van der Waals surface area contributed by atoms with Crippen molar-refractivity contribution >= 4 is 15.7 Å². The van der Waals surface area contributed by atoms with Crippen LogP contribution in [0.4, 0.5) is 0 Å². The Morgan fingerprint density at radius 3 is 2.67 bits per heavy atom. The van der Waals surface area contributed by atoms with E-state index in [0.29, 0.717) is 18.8 Å². The number of nitrogens with zero attached hydrogens (tertiary/aromatic N) is 3. The molecule has 0 unspecified atom stereocenters. The monoisotopic (exact) mass is 272 g/mol. The Morgan fingerprint density at radius 1 is 1.39 bits per heavy atom. The van der Waals surface area contributed by atoms with Gasteiger partial charge in [-0.05, 0) is 0 Å². The lowest BCUT2D eigenvalue weighted by molar-refractivity contribution is 0.0765. The number of aromatic nitrogens is 2. The van der Waals surface area contributed by atoms with Crippen LogP contribution < -0.4 is 5.73 Å². The largest absolute Gasteiger partial charge is 0.335 e. The molecule has 0 aromatic carbocycles. The number of nitrogens with two attached hydrogens (primary N) is 1. The van der Waals surface area contributed by atoms with Gasteiger partial charge in [0, 0.05) is 32.4 Å². The lowest BCUT2D eigenvalue weighted by Gasteiger charge is -2.25. The van der Waals surface area contributed by atoms with Crippen molar-refractivity contribution in [1.29, 1.82) is 0 Å². The summed E-state index contributed by atoms with van der Waals surface area (Å²) in [5.41, 5.74) is 5.74. The molecule has 2 N–H and O–H groups in total. The van der Waals surface area contributed by atoms with Gasteiger partial charge in [-0.3, -0.25) is 4.79 Å². The molecule has 0 aliphatic carbocycles. The SMILES string of the molecule is NCCn1cnc(C(=O)N2CCS(=O)(=O)CC2)c1. The van der Waals surface area contributed by atoms with Gasteiger partial charge in [-0.2, -0.15) is 0 Å². The lowest BCUT2D eigenvalue weighted by atomic mass is 10.3. The van der Waals surface area contributed by atoms with Crippen molar-refractivity contribution in [2.75, 3.05) is 31.1 Å². The third-order valence-electron chi connectivity index (χ3n) is 2.87. The van der Waals surface area contributed by atoms with Gasteiger partial charge in [0.05, 0.1) is 17.8 Å². The zero-order valence-corrected chi connectivity index (χ0v) is 10.8. The summed E-state index contributed by atoms with van der Waals surface area (Å²) >= 11 is 0. The molecule has 0 saturated carbocycles. The molecule has 2 heterocycles. The summed E-state index contributed by atoms with van der Waals surface area (Å²) in [6.07, 6.45) is 3.19. The average molecular weight is 272 g/mol. The molecule has 1 saturated heterocycles. The molecule has 1 fully saturated rings. The van der Waals surface area contributed by atoms with Gasteiger partial charge in [0.1, 0.15) is 5.69 Å². The molecular formula is C10H16N4O3S. The van der Waals surface area contributed by atoms with Crippen LogP contribution in [-0.4, -0.2) is 59.9 Å². The zero-order valence-electron chi connectivity index (χ0n) is 9.95. The van der Waals surface area contributed by atoms with E-state index in [-0.39, 0.29) is 30.5 Å². The standard InChI is InChI=1S/C10H16N4O3S/c11-1-2-13-7-9(12-8-13)10(15)14-3-5-18(16,17)6-4-14/h7-8H,1-6,11H2. The highest BCUT2D eigenvalue weighted by molar-refractivity contribution is 7.91. The molecule has 18 heavy (non-hydrogen) atoms. The van der Waals surface area contributed by atoms with Crippen LogP contribution in [0.5, 0.6) is 0 Å². The summed E-state index contributed by atoms with van der Waals surface area (Å²) in [7, 11) is -2.97. The quantitative estimate of drug-likeness (QED) is 0.738. The number of carbonyl (C=O) groups excluding carboxylic acids is 1. The van der Waals surface area contributed by atoms with Crippen LogP contribution in [0.1, 0.15) is 10.5 Å². The fourth-order valence-electron chi connectivity index (χ4n) is 1.82. The second-order valence-corrected chi connectivity index (χ2v) is 6.53. The molecule has 1 aromatic rings. The van der Waals surface area contributed by atoms with E-state index in [1.54, 1.807) is 17.1 Å². The molecule has 7 nitrogen and oxygen atoms in total. The van der Waals surface area contributed by atoms with Crippen molar-refractivity contribution in [2.45, 2.75) is 6.54 Å². The van der Waals surface area contributed by atoms with Crippen LogP contribution in [0.2, 0.25) is 0 Å². The molecule has 8 heteroatoms. The van der Waals surface area contributed by atoms with Gasteiger partial charge in [-0.25, -0.2) is 13.4 Å². The van der Waals surface area contributed by atoms with Crippen LogP contribution in [-0.2, 0) is 16.4 Å². The van der Waals surface area contributed by atoms with E-state index in [2.05, 4.69) is 4.98 Å². The third-order valence-corrected chi connectivity index (χ3v) is 4.48. The second kappa shape index (κ2) is 5.07. The first-order valence-electron chi connectivity index (χ1n) is 5.73. The molecule has 100 valence electrons. The molecular weight excluding hydrogens is 256 g/mol. The first-order valence-corrected chi connectivity index (χ1v) is 7.55. The summed E-state index contributed by atoms with van der Waals surface area (Å²) in [5, 5.41) is 0. The van der Waals surface area contributed by atoms with Crippen LogP contribution in [0.15, 0.2) is 12.5 Å². The lowest BCUT2D eigenvalue weighted by Crippen LogP contribution is -2.43. The van der Waals surface area contributed by atoms with Crippen LogP contribution >= 0.6 is 0 Å². The number of amides is 1. The van der Waals surface area contributed by atoms with E-state index in [1.807, 2.05) is 0 Å². The number of imidazole rings is 1. The number of hydrogen-bond acceptors (Lipinski definition) is 5. The highest BCUT2D eigenvalue weighted by Gasteiger charge is 2.26. The molecule has 2 rings (SSSR count). The van der Waals surface area contributed by atoms with Crippen molar-refractivity contribution in [3.05, 3.63) is 18.2 Å². The molecule has 1 aliphatic rings. The van der Waals surface area contributed by atoms with E-state index < -0.39 is 9.84 Å². The van der Waals surface area contributed by atoms with Crippen molar-refractivity contribution in [3.63, 3.8) is 0 Å². The van der Waals surface area contributed by atoms with Crippen molar-refractivity contribution in [3.8, 4) is 0 Å². The van der Waals surface area contributed by atoms with E-state index in [9.17, 15) is 13.2 Å². The first kappa shape index (κ1) is 13.0. The summed E-state index contributed by atoms with van der Waals surface area (Å²) in [4.78, 5) is 17.6. The summed E-state index contributed by atoms with van der Waals surface area (Å²) in [6.45, 7) is 1.57. The fraction of sp³-hybridized carbons (Fsp3) is 0.600. The van der Waals surface area contributed by atoms with Gasteiger partial charge >= 0.3 is 0 Å². The Bertz CT molecular complexity index is 523. The zero-order chi connectivity index (χ0) is 13.2. The maximum Gasteiger partial charge on any atom is 0.274 e. The minimum absolute atomic E-state index is 0.0300. The minimum atomic E-state index is -2.97. The second-order valence-electron chi connectivity index (χ2n) is 4.23. The predicted molar refractivity (Wildman–Crippen MR) is 65.8 cm³/mol. The van der Waals surface area contributed by atoms with Gasteiger partial charge < -0.3 is 15.2 Å². The Morgan fingerprint density at radius 2 is 2.06 bits per heavy atom. The maximum atomic E-state index is 12.1. The van der Waals surface area contributed by atoms with Crippen molar-refractivity contribution in [1.82, 2.24) is 14.5 Å². The highest BCUT2D eigenvalue weighted by Crippen LogP contribution is 2.08. The Hall–Kier alpha value is -1.41. The van der Waals surface area contributed by atoms with Gasteiger partial charge in [0.25, 0.3) is 5.91 Å². The highest BCUT2D eigenvalue weighted by atomic mass is 32.2. The number of hydrogen-bond donors (Lipinski definition) is 1. The van der Waals surface area contributed by atoms with E-state index in [4.69, 9.17) is 5.73 Å². The molecule has 0 radical (unpaired) electrons. The average Bonchev–Trinajstić information content (AvgIpc) is 2.77. The topological polar surface area (TPSA) is 98.3 Å². The normalized spacial score (nSPS) is 18.8. The summed E-state index contributed by atoms with van der Waals surface area (Å²) < 4.78 is 24.3. The Kier molecular flexibility index (Phi) is 3.67. The van der Waals surface area contributed by atoms with Crippen molar-refractivity contribution < 1.29 is 13.2 Å². The maximum absolute atomic E-state index is 12.1. The van der Waals surface area contributed by atoms with Crippen LogP contribution in [0.3, 0.4) is 0 Å². The van der Waals surface area contributed by atoms with E-state index in [0.717, 1.165) is 0 Å². The Balaban J connectivity index is 2.03. The molecule has 1 aliphatic heterocycles.